The van der Waals surface area contributed by atoms with E-state index in [0.29, 0.717) is 0 Å². The topological polar surface area (TPSA) is 72.4 Å². The SMILES string of the molecule is C=Cn1c(C=NNC(N)=O)ccc1-c1ccc2ccccc2c1. The summed E-state index contributed by atoms with van der Waals surface area (Å²) in [5.74, 6) is 0. The van der Waals surface area contributed by atoms with Gasteiger partial charge in [0.05, 0.1) is 17.6 Å². The molecule has 0 saturated carbocycles. The standard InChI is InChI=1S/C18H16N4O/c1-2-22-16(12-20-21-18(19)23)9-10-17(22)15-8-7-13-5-3-4-6-14(13)11-15/h2-12H,1H2,(H3,19,21,23). The fraction of sp³-hybridized carbons (Fsp3) is 0. The van der Waals surface area contributed by atoms with E-state index in [2.05, 4.69) is 47.4 Å². The summed E-state index contributed by atoms with van der Waals surface area (Å²) < 4.78 is 1.90. The molecule has 1 aromatic heterocycles. The molecular formula is C18H16N4O. The maximum absolute atomic E-state index is 10.7. The lowest BCUT2D eigenvalue weighted by Crippen LogP contribution is -2.24. The number of carbonyl (C=O) groups excluding carboxylic acids is 1. The Morgan fingerprint density at radius 3 is 2.65 bits per heavy atom. The van der Waals surface area contributed by atoms with E-state index >= 15 is 0 Å². The Hall–Kier alpha value is -3.34. The first-order valence-corrected chi connectivity index (χ1v) is 7.10. The van der Waals surface area contributed by atoms with Crippen LogP contribution in [0.1, 0.15) is 5.69 Å². The van der Waals surface area contributed by atoms with Crippen LogP contribution in [0.2, 0.25) is 0 Å². The molecule has 0 atom stereocenters. The maximum atomic E-state index is 10.7. The zero-order valence-electron chi connectivity index (χ0n) is 12.4. The van der Waals surface area contributed by atoms with Crippen molar-refractivity contribution in [2.24, 2.45) is 10.8 Å². The first-order valence-electron chi connectivity index (χ1n) is 7.10. The van der Waals surface area contributed by atoms with Gasteiger partial charge in [0.15, 0.2) is 0 Å². The smallest absolute Gasteiger partial charge is 0.332 e. The molecule has 0 unspecified atom stereocenters. The predicted molar refractivity (Wildman–Crippen MR) is 94.1 cm³/mol. The number of fused-ring (bicyclic) bond motifs is 1. The number of urea groups is 1. The Kier molecular flexibility index (Phi) is 3.93. The minimum Gasteiger partial charge on any atom is -0.350 e. The number of nitrogens with zero attached hydrogens (tertiary/aromatic N) is 2. The lowest BCUT2D eigenvalue weighted by Gasteiger charge is -2.07. The fourth-order valence-electron chi connectivity index (χ4n) is 2.52. The second-order valence-electron chi connectivity index (χ2n) is 4.99. The Morgan fingerprint density at radius 2 is 1.91 bits per heavy atom. The van der Waals surface area contributed by atoms with Crippen molar-refractivity contribution in [2.75, 3.05) is 0 Å². The number of aromatic nitrogens is 1. The van der Waals surface area contributed by atoms with Crippen LogP contribution in [0.25, 0.3) is 28.2 Å². The molecule has 3 aromatic rings. The third-order valence-electron chi connectivity index (χ3n) is 3.55. The van der Waals surface area contributed by atoms with Crippen LogP contribution in [0.15, 0.2) is 66.3 Å². The molecule has 3 N–H and O–H groups in total. The third-order valence-corrected chi connectivity index (χ3v) is 3.55. The molecule has 0 aliphatic carbocycles. The van der Waals surface area contributed by atoms with E-state index in [9.17, 15) is 4.79 Å². The molecule has 5 heteroatoms. The average Bonchev–Trinajstić information content (AvgIpc) is 2.97. The summed E-state index contributed by atoms with van der Waals surface area (Å²) in [6.07, 6.45) is 3.23. The van der Waals surface area contributed by atoms with Crippen LogP contribution in [0.3, 0.4) is 0 Å². The summed E-state index contributed by atoms with van der Waals surface area (Å²) in [6.45, 7) is 3.84. The van der Waals surface area contributed by atoms with Crippen molar-refractivity contribution >= 4 is 29.2 Å². The monoisotopic (exact) mass is 304 g/mol. The largest absolute Gasteiger partial charge is 0.350 e. The zero-order valence-corrected chi connectivity index (χ0v) is 12.4. The number of rotatable bonds is 4. The summed E-state index contributed by atoms with van der Waals surface area (Å²) in [7, 11) is 0. The summed E-state index contributed by atoms with van der Waals surface area (Å²) in [5, 5.41) is 6.16. The number of primary amides is 1. The number of hydrazone groups is 1. The molecule has 0 aliphatic rings. The number of nitrogens with one attached hydrogen (secondary N) is 1. The molecule has 114 valence electrons. The average molecular weight is 304 g/mol. The van der Waals surface area contributed by atoms with Crippen LogP contribution in [-0.2, 0) is 0 Å². The summed E-state index contributed by atoms with van der Waals surface area (Å²) in [6, 6.07) is 17.7. The van der Waals surface area contributed by atoms with Crippen molar-refractivity contribution in [2.45, 2.75) is 0 Å². The fourth-order valence-corrected chi connectivity index (χ4v) is 2.52. The van der Waals surface area contributed by atoms with Crippen molar-refractivity contribution in [1.29, 1.82) is 0 Å². The molecule has 5 nitrogen and oxygen atoms in total. The van der Waals surface area contributed by atoms with Gasteiger partial charge in [-0.3, -0.25) is 0 Å². The first kappa shape index (κ1) is 14.6. The molecule has 2 amide bonds. The zero-order chi connectivity index (χ0) is 16.2. The molecule has 0 spiro atoms. The second kappa shape index (κ2) is 6.19. The third kappa shape index (κ3) is 2.98. The van der Waals surface area contributed by atoms with Crippen molar-refractivity contribution in [3.63, 3.8) is 0 Å². The van der Waals surface area contributed by atoms with Crippen LogP contribution >= 0.6 is 0 Å². The molecule has 1 heterocycles. The molecule has 2 aromatic carbocycles. The van der Waals surface area contributed by atoms with E-state index in [1.54, 1.807) is 6.20 Å². The van der Waals surface area contributed by atoms with Gasteiger partial charge in [-0.1, -0.05) is 43.0 Å². The maximum Gasteiger partial charge on any atom is 0.332 e. The molecule has 0 bridgehead atoms. The number of nitrogens with two attached hydrogens (primary N) is 1. The molecule has 3 rings (SSSR count). The Labute approximate surface area is 133 Å². The number of hydrogen-bond donors (Lipinski definition) is 2. The molecular weight excluding hydrogens is 288 g/mol. The van der Waals surface area contributed by atoms with E-state index in [1.807, 2.05) is 28.8 Å². The Balaban J connectivity index is 2.01. The summed E-state index contributed by atoms with van der Waals surface area (Å²) >= 11 is 0. The van der Waals surface area contributed by atoms with Gasteiger partial charge in [-0.2, -0.15) is 5.10 Å². The van der Waals surface area contributed by atoms with Crippen LogP contribution in [-0.4, -0.2) is 16.8 Å². The van der Waals surface area contributed by atoms with Gasteiger partial charge < -0.3 is 10.3 Å². The minimum absolute atomic E-state index is 0.701. The number of carbonyl (C=O) groups is 1. The summed E-state index contributed by atoms with van der Waals surface area (Å²) in [5.41, 5.74) is 10.0. The van der Waals surface area contributed by atoms with E-state index in [4.69, 9.17) is 5.73 Å². The quantitative estimate of drug-likeness (QED) is 0.562. The van der Waals surface area contributed by atoms with Crippen molar-refractivity contribution in [3.8, 4) is 11.3 Å². The van der Waals surface area contributed by atoms with Gasteiger partial charge >= 0.3 is 6.03 Å². The van der Waals surface area contributed by atoms with Crippen molar-refractivity contribution in [3.05, 3.63) is 66.9 Å². The van der Waals surface area contributed by atoms with Crippen LogP contribution in [0.4, 0.5) is 4.79 Å². The van der Waals surface area contributed by atoms with Gasteiger partial charge in [-0.15, -0.1) is 0 Å². The van der Waals surface area contributed by atoms with Crippen LogP contribution in [0.5, 0.6) is 0 Å². The molecule has 23 heavy (non-hydrogen) atoms. The predicted octanol–water partition coefficient (Wildman–Crippen LogP) is 3.41. The van der Waals surface area contributed by atoms with Crippen molar-refractivity contribution in [1.82, 2.24) is 9.99 Å². The Morgan fingerprint density at radius 1 is 1.13 bits per heavy atom. The second-order valence-corrected chi connectivity index (χ2v) is 4.99. The van der Waals surface area contributed by atoms with Crippen LogP contribution in [0, 0.1) is 0 Å². The number of amides is 2. The molecule has 0 saturated heterocycles. The lowest BCUT2D eigenvalue weighted by atomic mass is 10.1. The highest BCUT2D eigenvalue weighted by molar-refractivity contribution is 5.88. The molecule has 0 fully saturated rings. The minimum atomic E-state index is -0.701. The van der Waals surface area contributed by atoms with E-state index in [-0.39, 0.29) is 0 Å². The highest BCUT2D eigenvalue weighted by atomic mass is 16.2. The molecule has 0 aliphatic heterocycles. The van der Waals surface area contributed by atoms with Gasteiger partial charge in [-0.05, 0) is 34.5 Å². The highest BCUT2D eigenvalue weighted by Crippen LogP contribution is 2.26. The van der Waals surface area contributed by atoms with Gasteiger partial charge in [0.25, 0.3) is 0 Å². The first-order chi connectivity index (χ1) is 11.2. The molecule has 0 radical (unpaired) electrons. The summed E-state index contributed by atoms with van der Waals surface area (Å²) in [4.78, 5) is 10.7. The van der Waals surface area contributed by atoms with Gasteiger partial charge in [0.1, 0.15) is 0 Å². The highest BCUT2D eigenvalue weighted by Gasteiger charge is 2.07. The van der Waals surface area contributed by atoms with Crippen LogP contribution < -0.4 is 11.2 Å². The number of hydrogen-bond acceptors (Lipinski definition) is 2. The van der Waals surface area contributed by atoms with Gasteiger partial charge in [0, 0.05) is 6.20 Å². The Bertz CT molecular complexity index is 908. The van der Waals surface area contributed by atoms with E-state index in [0.717, 1.165) is 17.0 Å². The van der Waals surface area contributed by atoms with E-state index < -0.39 is 6.03 Å². The van der Waals surface area contributed by atoms with Gasteiger partial charge in [0.2, 0.25) is 0 Å². The normalized spacial score (nSPS) is 11.0. The van der Waals surface area contributed by atoms with Crippen molar-refractivity contribution < 1.29 is 4.79 Å². The lowest BCUT2D eigenvalue weighted by molar-refractivity contribution is 0.249. The van der Waals surface area contributed by atoms with Gasteiger partial charge in [-0.25, -0.2) is 10.2 Å². The number of benzene rings is 2. The van der Waals surface area contributed by atoms with E-state index in [1.165, 1.54) is 17.0 Å².